The molecule has 106 valence electrons. The maximum atomic E-state index is 12.1. The highest BCUT2D eigenvalue weighted by Gasteiger charge is 2.19. The summed E-state index contributed by atoms with van der Waals surface area (Å²) in [6.45, 7) is 5.73. The van der Waals surface area contributed by atoms with Crippen molar-refractivity contribution in [3.63, 3.8) is 0 Å². The molecule has 0 radical (unpaired) electrons. The Morgan fingerprint density at radius 3 is 2.80 bits per heavy atom. The van der Waals surface area contributed by atoms with E-state index in [0.717, 1.165) is 10.6 Å². The van der Waals surface area contributed by atoms with Crippen LogP contribution in [0.3, 0.4) is 0 Å². The van der Waals surface area contributed by atoms with Crippen LogP contribution in [0.4, 0.5) is 5.13 Å². The van der Waals surface area contributed by atoms with Crippen molar-refractivity contribution < 1.29 is 9.53 Å². The van der Waals surface area contributed by atoms with Crippen LogP contribution in [0.1, 0.15) is 23.9 Å². The maximum Gasteiger partial charge on any atom is 0.267 e. The number of hydrogen-bond acceptors (Lipinski definition) is 5. The molecular formula is C14H17N3O2S. The lowest BCUT2D eigenvalue weighted by Crippen LogP contribution is -2.32. The molecule has 1 atom stereocenters. The SMILES string of the molecule is CC[C@@H](Oc1cccc(C)c1)C(=O)Nc1nnc(C)s1. The topological polar surface area (TPSA) is 64.1 Å². The number of carbonyl (C=O) groups is 1. The minimum absolute atomic E-state index is 0.204. The van der Waals surface area contributed by atoms with E-state index < -0.39 is 6.10 Å². The lowest BCUT2D eigenvalue weighted by atomic mass is 10.2. The summed E-state index contributed by atoms with van der Waals surface area (Å²) in [6, 6.07) is 7.64. The van der Waals surface area contributed by atoms with Crippen molar-refractivity contribution >= 4 is 22.4 Å². The van der Waals surface area contributed by atoms with E-state index in [-0.39, 0.29) is 5.91 Å². The molecule has 0 aliphatic heterocycles. The third-order valence-electron chi connectivity index (χ3n) is 2.69. The molecule has 20 heavy (non-hydrogen) atoms. The molecule has 5 nitrogen and oxygen atoms in total. The summed E-state index contributed by atoms with van der Waals surface area (Å²) in [5, 5.41) is 11.8. The molecule has 2 aromatic rings. The maximum absolute atomic E-state index is 12.1. The highest BCUT2D eigenvalue weighted by Crippen LogP contribution is 2.18. The molecule has 0 saturated heterocycles. The fourth-order valence-electron chi connectivity index (χ4n) is 1.71. The second kappa shape index (κ2) is 6.47. The van der Waals surface area contributed by atoms with E-state index in [0.29, 0.717) is 17.3 Å². The van der Waals surface area contributed by atoms with Gasteiger partial charge in [-0.15, -0.1) is 10.2 Å². The van der Waals surface area contributed by atoms with Gasteiger partial charge < -0.3 is 4.74 Å². The number of carbonyl (C=O) groups excluding carboxylic acids is 1. The molecule has 1 amide bonds. The van der Waals surface area contributed by atoms with Gasteiger partial charge in [0.15, 0.2) is 6.10 Å². The zero-order valence-electron chi connectivity index (χ0n) is 11.7. The predicted molar refractivity (Wildman–Crippen MR) is 79.2 cm³/mol. The minimum Gasteiger partial charge on any atom is -0.481 e. The third-order valence-corrected chi connectivity index (χ3v) is 3.44. The number of nitrogens with zero attached hydrogens (tertiary/aromatic N) is 2. The van der Waals surface area contributed by atoms with E-state index in [4.69, 9.17) is 4.74 Å². The van der Waals surface area contributed by atoms with Gasteiger partial charge in [0.1, 0.15) is 10.8 Å². The fourth-order valence-corrected chi connectivity index (χ4v) is 2.30. The van der Waals surface area contributed by atoms with Crippen LogP contribution >= 0.6 is 11.3 Å². The minimum atomic E-state index is -0.541. The first kappa shape index (κ1) is 14.5. The molecule has 0 unspecified atom stereocenters. The number of aromatic nitrogens is 2. The van der Waals surface area contributed by atoms with E-state index >= 15 is 0 Å². The van der Waals surface area contributed by atoms with Gasteiger partial charge in [-0.05, 0) is 38.0 Å². The number of aryl methyl sites for hydroxylation is 2. The molecule has 0 fully saturated rings. The number of benzene rings is 1. The molecule has 2 rings (SSSR count). The molecular weight excluding hydrogens is 274 g/mol. The molecule has 1 N–H and O–H groups in total. The van der Waals surface area contributed by atoms with E-state index in [2.05, 4.69) is 15.5 Å². The summed E-state index contributed by atoms with van der Waals surface area (Å²) < 4.78 is 5.73. The lowest BCUT2D eigenvalue weighted by molar-refractivity contribution is -0.122. The Hall–Kier alpha value is -1.95. The molecule has 0 spiro atoms. The Morgan fingerprint density at radius 2 is 2.20 bits per heavy atom. The van der Waals surface area contributed by atoms with Gasteiger partial charge in [-0.3, -0.25) is 10.1 Å². The average Bonchev–Trinajstić information content (AvgIpc) is 2.81. The van der Waals surface area contributed by atoms with Crippen molar-refractivity contribution in [3.05, 3.63) is 34.8 Å². The van der Waals surface area contributed by atoms with Crippen molar-refractivity contribution in [2.24, 2.45) is 0 Å². The van der Waals surface area contributed by atoms with Crippen molar-refractivity contribution in [2.45, 2.75) is 33.3 Å². The summed E-state index contributed by atoms with van der Waals surface area (Å²) >= 11 is 1.34. The standard InChI is InChI=1S/C14H17N3O2S/c1-4-12(19-11-7-5-6-9(2)8-11)13(18)15-14-17-16-10(3)20-14/h5-8,12H,4H2,1-3H3,(H,15,17,18)/t12-/m1/s1. The number of nitrogens with one attached hydrogen (secondary N) is 1. The quantitative estimate of drug-likeness (QED) is 0.920. The van der Waals surface area contributed by atoms with Crippen molar-refractivity contribution in [1.82, 2.24) is 10.2 Å². The number of anilines is 1. The highest BCUT2D eigenvalue weighted by atomic mass is 32.1. The third kappa shape index (κ3) is 3.77. The van der Waals surface area contributed by atoms with Gasteiger partial charge in [0.05, 0.1) is 0 Å². The molecule has 0 saturated carbocycles. The molecule has 1 heterocycles. The molecule has 6 heteroatoms. The van der Waals surface area contributed by atoms with Gasteiger partial charge in [-0.1, -0.05) is 30.4 Å². The fraction of sp³-hybridized carbons (Fsp3) is 0.357. The van der Waals surface area contributed by atoms with Crippen LogP contribution in [-0.4, -0.2) is 22.2 Å². The van der Waals surface area contributed by atoms with E-state index in [1.54, 1.807) is 0 Å². The Balaban J connectivity index is 2.02. The van der Waals surface area contributed by atoms with Crippen molar-refractivity contribution in [2.75, 3.05) is 5.32 Å². The Bertz CT molecular complexity index is 598. The Kier molecular flexibility index (Phi) is 4.68. The predicted octanol–water partition coefficient (Wildman–Crippen LogP) is 2.95. The number of rotatable bonds is 5. The van der Waals surface area contributed by atoms with E-state index in [9.17, 15) is 4.79 Å². The highest BCUT2D eigenvalue weighted by molar-refractivity contribution is 7.15. The van der Waals surface area contributed by atoms with E-state index in [1.807, 2.05) is 45.0 Å². The van der Waals surface area contributed by atoms with Crippen LogP contribution in [0.2, 0.25) is 0 Å². The zero-order valence-corrected chi connectivity index (χ0v) is 12.5. The second-order valence-electron chi connectivity index (χ2n) is 4.45. The largest absolute Gasteiger partial charge is 0.481 e. The Morgan fingerprint density at radius 1 is 1.40 bits per heavy atom. The molecule has 1 aromatic carbocycles. The first-order valence-electron chi connectivity index (χ1n) is 6.42. The van der Waals surface area contributed by atoms with Gasteiger partial charge in [0.2, 0.25) is 5.13 Å². The van der Waals surface area contributed by atoms with Crippen molar-refractivity contribution in [3.8, 4) is 5.75 Å². The monoisotopic (exact) mass is 291 g/mol. The van der Waals surface area contributed by atoms with Crippen molar-refractivity contribution in [1.29, 1.82) is 0 Å². The first-order valence-corrected chi connectivity index (χ1v) is 7.24. The Labute approximate surface area is 122 Å². The van der Waals surface area contributed by atoms with Crippen LogP contribution in [0.25, 0.3) is 0 Å². The summed E-state index contributed by atoms with van der Waals surface area (Å²) in [6.07, 6.45) is 0.0402. The summed E-state index contributed by atoms with van der Waals surface area (Å²) in [5.74, 6) is 0.491. The summed E-state index contributed by atoms with van der Waals surface area (Å²) in [4.78, 5) is 12.1. The molecule has 0 bridgehead atoms. The first-order chi connectivity index (χ1) is 9.58. The number of ether oxygens (including phenoxy) is 1. The zero-order chi connectivity index (χ0) is 14.5. The van der Waals surface area contributed by atoms with Crippen LogP contribution < -0.4 is 10.1 Å². The number of amides is 1. The van der Waals surface area contributed by atoms with Crippen LogP contribution in [-0.2, 0) is 4.79 Å². The van der Waals surface area contributed by atoms with Crippen LogP contribution in [0.15, 0.2) is 24.3 Å². The van der Waals surface area contributed by atoms with Gasteiger partial charge in [0, 0.05) is 0 Å². The average molecular weight is 291 g/mol. The molecule has 0 aliphatic carbocycles. The molecule has 0 aliphatic rings. The second-order valence-corrected chi connectivity index (χ2v) is 5.63. The smallest absolute Gasteiger partial charge is 0.267 e. The van der Waals surface area contributed by atoms with Crippen LogP contribution in [0, 0.1) is 13.8 Å². The normalized spacial score (nSPS) is 11.9. The van der Waals surface area contributed by atoms with Gasteiger partial charge in [-0.2, -0.15) is 0 Å². The van der Waals surface area contributed by atoms with Gasteiger partial charge in [0.25, 0.3) is 5.91 Å². The van der Waals surface area contributed by atoms with Gasteiger partial charge >= 0.3 is 0 Å². The van der Waals surface area contributed by atoms with Gasteiger partial charge in [-0.25, -0.2) is 0 Å². The molecule has 1 aromatic heterocycles. The van der Waals surface area contributed by atoms with Crippen LogP contribution in [0.5, 0.6) is 5.75 Å². The van der Waals surface area contributed by atoms with E-state index in [1.165, 1.54) is 11.3 Å². The summed E-state index contributed by atoms with van der Waals surface area (Å²) in [5.41, 5.74) is 1.09. The summed E-state index contributed by atoms with van der Waals surface area (Å²) in [7, 11) is 0. The number of hydrogen-bond donors (Lipinski definition) is 1. The lowest BCUT2D eigenvalue weighted by Gasteiger charge is -2.16.